The Morgan fingerprint density at radius 1 is 1.22 bits per heavy atom. The Bertz CT molecular complexity index is 963. The second-order valence-electron chi connectivity index (χ2n) is 6.38. The van der Waals surface area contributed by atoms with Crippen LogP contribution in [0.3, 0.4) is 0 Å². The highest BCUT2D eigenvalue weighted by atomic mass is 16.5. The van der Waals surface area contributed by atoms with Crippen LogP contribution in [0.25, 0.3) is 5.70 Å². The standard InChI is InChI=1S/C20H17N3O4/c1-11-14-5-3-4-6-15(14)20(26)23(11)12(2)19(25)21-13-7-8-17-16(9-13)22-18(24)10-27-17/h3-9,12H,1,10H2,2H3,(H,21,25)(H,22,24)/t12-/m1/s1. The summed E-state index contributed by atoms with van der Waals surface area (Å²) in [5.74, 6) is -0.320. The van der Waals surface area contributed by atoms with E-state index in [1.165, 1.54) is 4.90 Å². The molecule has 0 spiro atoms. The maximum Gasteiger partial charge on any atom is 0.262 e. The molecule has 0 saturated heterocycles. The number of amides is 3. The van der Waals surface area contributed by atoms with Crippen LogP contribution in [0.2, 0.25) is 0 Å². The third kappa shape index (κ3) is 2.83. The lowest BCUT2D eigenvalue weighted by Gasteiger charge is -2.25. The van der Waals surface area contributed by atoms with Gasteiger partial charge in [-0.25, -0.2) is 0 Å². The number of fused-ring (bicyclic) bond motifs is 2. The first-order chi connectivity index (χ1) is 13.0. The smallest absolute Gasteiger partial charge is 0.262 e. The quantitative estimate of drug-likeness (QED) is 0.877. The van der Waals surface area contributed by atoms with Gasteiger partial charge in [0.25, 0.3) is 11.8 Å². The van der Waals surface area contributed by atoms with Crippen LogP contribution >= 0.6 is 0 Å². The summed E-state index contributed by atoms with van der Waals surface area (Å²) in [5, 5.41) is 5.46. The normalized spacial score (nSPS) is 16.2. The summed E-state index contributed by atoms with van der Waals surface area (Å²) in [5.41, 5.74) is 2.76. The predicted octanol–water partition coefficient (Wildman–Crippen LogP) is 2.47. The summed E-state index contributed by atoms with van der Waals surface area (Å²) >= 11 is 0. The number of hydrogen-bond donors (Lipinski definition) is 2. The zero-order valence-corrected chi connectivity index (χ0v) is 14.6. The Morgan fingerprint density at radius 2 is 1.96 bits per heavy atom. The monoisotopic (exact) mass is 363 g/mol. The molecule has 2 aliphatic heterocycles. The molecule has 2 aliphatic rings. The van der Waals surface area contributed by atoms with Crippen molar-refractivity contribution in [2.24, 2.45) is 0 Å². The van der Waals surface area contributed by atoms with Crippen LogP contribution < -0.4 is 15.4 Å². The van der Waals surface area contributed by atoms with E-state index in [2.05, 4.69) is 17.2 Å². The fourth-order valence-corrected chi connectivity index (χ4v) is 3.24. The summed E-state index contributed by atoms with van der Waals surface area (Å²) in [7, 11) is 0. The molecular weight excluding hydrogens is 346 g/mol. The Morgan fingerprint density at radius 3 is 2.70 bits per heavy atom. The van der Waals surface area contributed by atoms with Crippen molar-refractivity contribution in [3.63, 3.8) is 0 Å². The van der Waals surface area contributed by atoms with Gasteiger partial charge in [-0.15, -0.1) is 0 Å². The van der Waals surface area contributed by atoms with Gasteiger partial charge in [-0.1, -0.05) is 24.8 Å². The van der Waals surface area contributed by atoms with Gasteiger partial charge in [-0.2, -0.15) is 0 Å². The number of nitrogens with one attached hydrogen (secondary N) is 2. The molecule has 2 aromatic rings. The Labute approximate surface area is 155 Å². The van der Waals surface area contributed by atoms with E-state index in [1.807, 2.05) is 12.1 Å². The molecule has 0 saturated carbocycles. The molecule has 136 valence electrons. The summed E-state index contributed by atoms with van der Waals surface area (Å²) in [6.45, 7) is 5.58. The molecule has 0 radical (unpaired) electrons. The third-order valence-electron chi connectivity index (χ3n) is 4.62. The van der Waals surface area contributed by atoms with E-state index in [0.29, 0.717) is 28.4 Å². The molecule has 1 atom stereocenters. The van der Waals surface area contributed by atoms with Crippen molar-refractivity contribution >= 4 is 34.8 Å². The molecule has 2 heterocycles. The lowest BCUT2D eigenvalue weighted by atomic mass is 10.1. The number of benzene rings is 2. The molecule has 0 aliphatic carbocycles. The molecule has 3 amide bonds. The van der Waals surface area contributed by atoms with Gasteiger partial charge < -0.3 is 15.4 Å². The summed E-state index contributed by atoms with van der Waals surface area (Å²) in [6.07, 6.45) is 0. The van der Waals surface area contributed by atoms with Gasteiger partial charge in [-0.05, 0) is 31.2 Å². The number of carbonyl (C=O) groups is 3. The van der Waals surface area contributed by atoms with Gasteiger partial charge in [0.15, 0.2) is 6.61 Å². The molecule has 4 rings (SSSR count). The van der Waals surface area contributed by atoms with Crippen molar-refractivity contribution < 1.29 is 19.1 Å². The minimum absolute atomic E-state index is 0.0323. The largest absolute Gasteiger partial charge is 0.482 e. The third-order valence-corrected chi connectivity index (χ3v) is 4.62. The molecule has 27 heavy (non-hydrogen) atoms. The molecule has 0 unspecified atom stereocenters. The van der Waals surface area contributed by atoms with Gasteiger partial charge in [0.2, 0.25) is 5.91 Å². The first-order valence-corrected chi connectivity index (χ1v) is 8.45. The van der Waals surface area contributed by atoms with E-state index >= 15 is 0 Å². The summed E-state index contributed by atoms with van der Waals surface area (Å²) in [6, 6.07) is 11.4. The van der Waals surface area contributed by atoms with Crippen LogP contribution in [-0.2, 0) is 9.59 Å². The fourth-order valence-electron chi connectivity index (χ4n) is 3.24. The highest BCUT2D eigenvalue weighted by molar-refractivity contribution is 6.12. The fraction of sp³-hybridized carbons (Fsp3) is 0.150. The lowest BCUT2D eigenvalue weighted by Crippen LogP contribution is -2.41. The first kappa shape index (κ1) is 16.8. The van der Waals surface area contributed by atoms with Crippen LogP contribution in [0.15, 0.2) is 49.0 Å². The van der Waals surface area contributed by atoms with Gasteiger partial charge in [0.1, 0.15) is 11.8 Å². The summed E-state index contributed by atoms with van der Waals surface area (Å²) < 4.78 is 5.30. The summed E-state index contributed by atoms with van der Waals surface area (Å²) in [4.78, 5) is 38.2. The van der Waals surface area contributed by atoms with E-state index in [9.17, 15) is 14.4 Å². The highest BCUT2D eigenvalue weighted by Crippen LogP contribution is 2.34. The van der Waals surface area contributed by atoms with E-state index in [0.717, 1.165) is 5.56 Å². The van der Waals surface area contributed by atoms with Crippen molar-refractivity contribution in [3.05, 3.63) is 60.2 Å². The van der Waals surface area contributed by atoms with E-state index in [4.69, 9.17) is 4.74 Å². The number of carbonyl (C=O) groups excluding carboxylic acids is 3. The van der Waals surface area contributed by atoms with Gasteiger partial charge in [-0.3, -0.25) is 19.3 Å². The topological polar surface area (TPSA) is 87.7 Å². The molecule has 0 aromatic heterocycles. The first-order valence-electron chi connectivity index (χ1n) is 8.45. The number of hydrogen-bond acceptors (Lipinski definition) is 4. The van der Waals surface area contributed by atoms with Crippen LogP contribution in [0.4, 0.5) is 11.4 Å². The van der Waals surface area contributed by atoms with Crippen molar-refractivity contribution in [2.45, 2.75) is 13.0 Å². The van der Waals surface area contributed by atoms with Crippen molar-refractivity contribution in [1.82, 2.24) is 4.90 Å². The molecule has 2 aromatic carbocycles. The van der Waals surface area contributed by atoms with Gasteiger partial charge in [0, 0.05) is 22.5 Å². The molecule has 0 bridgehead atoms. The van der Waals surface area contributed by atoms with Crippen molar-refractivity contribution in [2.75, 3.05) is 17.2 Å². The average molecular weight is 363 g/mol. The molecular formula is C20H17N3O4. The Kier molecular flexibility index (Phi) is 3.92. The van der Waals surface area contributed by atoms with Gasteiger partial charge >= 0.3 is 0 Å². The Balaban J connectivity index is 1.52. The second-order valence-corrected chi connectivity index (χ2v) is 6.38. The SMILES string of the molecule is C=C1c2ccccc2C(=O)N1[C@H](C)C(=O)Nc1ccc2c(c1)NC(=O)CO2. The van der Waals surface area contributed by atoms with Crippen LogP contribution in [-0.4, -0.2) is 35.3 Å². The van der Waals surface area contributed by atoms with E-state index in [-0.39, 0.29) is 24.3 Å². The zero-order chi connectivity index (χ0) is 19.1. The number of ether oxygens (including phenoxy) is 1. The lowest BCUT2D eigenvalue weighted by molar-refractivity contribution is -0.119. The average Bonchev–Trinajstić information content (AvgIpc) is 2.92. The zero-order valence-electron chi connectivity index (χ0n) is 14.6. The molecule has 2 N–H and O–H groups in total. The minimum Gasteiger partial charge on any atom is -0.482 e. The number of anilines is 2. The second kappa shape index (κ2) is 6.28. The number of rotatable bonds is 3. The maximum atomic E-state index is 12.7. The van der Waals surface area contributed by atoms with Crippen molar-refractivity contribution in [3.8, 4) is 5.75 Å². The van der Waals surface area contributed by atoms with Crippen LogP contribution in [0.1, 0.15) is 22.8 Å². The molecule has 0 fully saturated rings. The Hall–Kier alpha value is -3.61. The van der Waals surface area contributed by atoms with Gasteiger partial charge in [0.05, 0.1) is 5.69 Å². The van der Waals surface area contributed by atoms with Crippen LogP contribution in [0.5, 0.6) is 5.75 Å². The number of nitrogens with zero attached hydrogens (tertiary/aromatic N) is 1. The molecule has 7 nitrogen and oxygen atoms in total. The van der Waals surface area contributed by atoms with E-state index < -0.39 is 6.04 Å². The van der Waals surface area contributed by atoms with Crippen LogP contribution in [0, 0.1) is 0 Å². The van der Waals surface area contributed by atoms with Crippen molar-refractivity contribution in [1.29, 1.82) is 0 Å². The highest BCUT2D eigenvalue weighted by Gasteiger charge is 2.36. The molecule has 7 heteroatoms. The maximum absolute atomic E-state index is 12.7. The minimum atomic E-state index is -0.751. The predicted molar refractivity (Wildman–Crippen MR) is 100 cm³/mol. The van der Waals surface area contributed by atoms with E-state index in [1.54, 1.807) is 37.3 Å².